The molecule has 1 aromatic rings. The van der Waals surface area contributed by atoms with Gasteiger partial charge in [0.25, 0.3) is 0 Å². The zero-order valence-electron chi connectivity index (χ0n) is 12.0. The van der Waals surface area contributed by atoms with Crippen LogP contribution < -0.4 is 5.32 Å². The molecule has 1 amide bonds. The van der Waals surface area contributed by atoms with Crippen molar-refractivity contribution in [3.05, 3.63) is 29.3 Å². The Morgan fingerprint density at radius 1 is 1.17 bits per heavy atom. The zero-order chi connectivity index (χ0) is 13.5. The third-order valence-electron chi connectivity index (χ3n) is 3.26. The van der Waals surface area contributed by atoms with Gasteiger partial charge in [-0.3, -0.25) is 4.79 Å². The Kier molecular flexibility index (Phi) is 5.90. The van der Waals surface area contributed by atoms with E-state index >= 15 is 0 Å². The molecule has 0 bridgehead atoms. The summed E-state index contributed by atoms with van der Waals surface area (Å²) in [5, 5.41) is 3.04. The molecule has 0 saturated carbocycles. The van der Waals surface area contributed by atoms with E-state index in [2.05, 4.69) is 39.1 Å². The van der Waals surface area contributed by atoms with Gasteiger partial charge in [0.15, 0.2) is 0 Å². The lowest BCUT2D eigenvalue weighted by Crippen LogP contribution is -2.22. The SMILES string of the molecule is CCCC[C@H](CC)C(=O)Nc1cc(C)cc(C)c1. The highest BCUT2D eigenvalue weighted by Gasteiger charge is 2.15. The van der Waals surface area contributed by atoms with E-state index in [0.717, 1.165) is 31.4 Å². The van der Waals surface area contributed by atoms with Crippen molar-refractivity contribution in [3.8, 4) is 0 Å². The summed E-state index contributed by atoms with van der Waals surface area (Å²) in [6.45, 7) is 8.35. The van der Waals surface area contributed by atoms with Gasteiger partial charge in [0.05, 0.1) is 0 Å². The van der Waals surface area contributed by atoms with Crippen molar-refractivity contribution in [1.29, 1.82) is 0 Å². The molecule has 1 aromatic carbocycles. The van der Waals surface area contributed by atoms with Crippen molar-refractivity contribution in [2.75, 3.05) is 5.32 Å². The molecule has 0 aliphatic heterocycles. The molecule has 2 nitrogen and oxygen atoms in total. The Morgan fingerprint density at radius 3 is 2.28 bits per heavy atom. The molecule has 0 radical (unpaired) electrons. The summed E-state index contributed by atoms with van der Waals surface area (Å²) < 4.78 is 0. The van der Waals surface area contributed by atoms with E-state index < -0.39 is 0 Å². The summed E-state index contributed by atoms with van der Waals surface area (Å²) in [5.74, 6) is 0.307. The first-order chi connectivity index (χ1) is 8.56. The molecule has 0 aromatic heterocycles. The second-order valence-electron chi connectivity index (χ2n) is 5.11. The molecule has 0 saturated heterocycles. The number of hydrogen-bond donors (Lipinski definition) is 1. The van der Waals surface area contributed by atoms with Crippen LogP contribution in [-0.4, -0.2) is 5.91 Å². The van der Waals surface area contributed by atoms with Gasteiger partial charge < -0.3 is 5.32 Å². The molecule has 1 rings (SSSR count). The van der Waals surface area contributed by atoms with Crippen LogP contribution in [0, 0.1) is 19.8 Å². The quantitative estimate of drug-likeness (QED) is 0.790. The van der Waals surface area contributed by atoms with Gasteiger partial charge in [-0.2, -0.15) is 0 Å². The first-order valence-electron chi connectivity index (χ1n) is 6.96. The lowest BCUT2D eigenvalue weighted by Gasteiger charge is -2.15. The largest absolute Gasteiger partial charge is 0.326 e. The summed E-state index contributed by atoms with van der Waals surface area (Å²) in [5.41, 5.74) is 3.30. The Balaban J connectivity index is 2.67. The molecule has 100 valence electrons. The summed E-state index contributed by atoms with van der Waals surface area (Å²) >= 11 is 0. The third kappa shape index (κ3) is 4.52. The van der Waals surface area contributed by atoms with Crippen LogP contribution in [0.5, 0.6) is 0 Å². The van der Waals surface area contributed by atoms with E-state index in [1.54, 1.807) is 0 Å². The molecular weight excluding hydrogens is 222 g/mol. The van der Waals surface area contributed by atoms with Crippen LogP contribution in [-0.2, 0) is 4.79 Å². The minimum absolute atomic E-state index is 0.144. The highest BCUT2D eigenvalue weighted by molar-refractivity contribution is 5.92. The van der Waals surface area contributed by atoms with Crippen molar-refractivity contribution in [3.63, 3.8) is 0 Å². The number of benzene rings is 1. The second-order valence-corrected chi connectivity index (χ2v) is 5.11. The number of unbranched alkanes of at least 4 members (excludes halogenated alkanes) is 1. The van der Waals surface area contributed by atoms with E-state index in [1.165, 1.54) is 11.1 Å². The van der Waals surface area contributed by atoms with Crippen LogP contribution in [0.1, 0.15) is 50.7 Å². The minimum atomic E-state index is 0.144. The van der Waals surface area contributed by atoms with Crippen molar-refractivity contribution >= 4 is 11.6 Å². The molecule has 0 heterocycles. The Labute approximate surface area is 111 Å². The van der Waals surface area contributed by atoms with E-state index in [-0.39, 0.29) is 11.8 Å². The number of carbonyl (C=O) groups excluding carboxylic acids is 1. The topological polar surface area (TPSA) is 29.1 Å². The van der Waals surface area contributed by atoms with Gasteiger partial charge in [0.1, 0.15) is 0 Å². The maximum Gasteiger partial charge on any atom is 0.227 e. The maximum absolute atomic E-state index is 12.2. The third-order valence-corrected chi connectivity index (χ3v) is 3.26. The maximum atomic E-state index is 12.2. The van der Waals surface area contributed by atoms with Crippen LogP contribution in [0.25, 0.3) is 0 Å². The van der Waals surface area contributed by atoms with Crippen molar-refractivity contribution in [2.24, 2.45) is 5.92 Å². The van der Waals surface area contributed by atoms with Crippen LogP contribution in [0.2, 0.25) is 0 Å². The van der Waals surface area contributed by atoms with Gasteiger partial charge in [-0.25, -0.2) is 0 Å². The normalized spacial score (nSPS) is 12.2. The number of carbonyl (C=O) groups is 1. The van der Waals surface area contributed by atoms with Gasteiger partial charge in [0.2, 0.25) is 5.91 Å². The zero-order valence-corrected chi connectivity index (χ0v) is 12.0. The minimum Gasteiger partial charge on any atom is -0.326 e. The average Bonchev–Trinajstić information content (AvgIpc) is 2.28. The molecular formula is C16H25NO. The highest BCUT2D eigenvalue weighted by atomic mass is 16.1. The lowest BCUT2D eigenvalue weighted by atomic mass is 9.98. The Bertz CT molecular complexity index is 378. The summed E-state index contributed by atoms with van der Waals surface area (Å²) in [6, 6.07) is 6.17. The fourth-order valence-corrected chi connectivity index (χ4v) is 2.26. The molecule has 2 heteroatoms. The van der Waals surface area contributed by atoms with Crippen molar-refractivity contribution in [2.45, 2.75) is 53.4 Å². The molecule has 0 unspecified atom stereocenters. The predicted molar refractivity (Wildman–Crippen MR) is 77.9 cm³/mol. The van der Waals surface area contributed by atoms with E-state index in [0.29, 0.717) is 0 Å². The van der Waals surface area contributed by atoms with Crippen LogP contribution in [0.15, 0.2) is 18.2 Å². The summed E-state index contributed by atoms with van der Waals surface area (Å²) in [7, 11) is 0. The Morgan fingerprint density at radius 2 is 1.78 bits per heavy atom. The highest BCUT2D eigenvalue weighted by Crippen LogP contribution is 2.18. The number of hydrogen-bond acceptors (Lipinski definition) is 1. The van der Waals surface area contributed by atoms with Crippen LogP contribution >= 0.6 is 0 Å². The van der Waals surface area contributed by atoms with E-state index in [9.17, 15) is 4.79 Å². The first-order valence-corrected chi connectivity index (χ1v) is 6.96. The first kappa shape index (κ1) is 14.7. The van der Waals surface area contributed by atoms with Crippen LogP contribution in [0.4, 0.5) is 5.69 Å². The number of anilines is 1. The van der Waals surface area contributed by atoms with Gasteiger partial charge in [-0.05, 0) is 49.9 Å². The van der Waals surface area contributed by atoms with E-state index in [1.807, 2.05) is 12.1 Å². The second kappa shape index (κ2) is 7.20. The van der Waals surface area contributed by atoms with Gasteiger partial charge in [0, 0.05) is 11.6 Å². The van der Waals surface area contributed by atoms with Gasteiger partial charge >= 0.3 is 0 Å². The smallest absolute Gasteiger partial charge is 0.227 e. The van der Waals surface area contributed by atoms with Crippen molar-refractivity contribution in [1.82, 2.24) is 0 Å². The molecule has 1 N–H and O–H groups in total. The van der Waals surface area contributed by atoms with Gasteiger partial charge in [-0.15, -0.1) is 0 Å². The number of rotatable bonds is 6. The molecule has 0 spiro atoms. The monoisotopic (exact) mass is 247 g/mol. The van der Waals surface area contributed by atoms with E-state index in [4.69, 9.17) is 0 Å². The van der Waals surface area contributed by atoms with Crippen molar-refractivity contribution < 1.29 is 4.79 Å². The molecule has 0 aliphatic rings. The van der Waals surface area contributed by atoms with Crippen LogP contribution in [0.3, 0.4) is 0 Å². The summed E-state index contributed by atoms with van der Waals surface area (Å²) in [4.78, 5) is 12.2. The summed E-state index contributed by atoms with van der Waals surface area (Å²) in [6.07, 6.45) is 4.17. The number of aryl methyl sites for hydroxylation is 2. The molecule has 1 atom stereocenters. The predicted octanol–water partition coefficient (Wildman–Crippen LogP) is 4.46. The molecule has 18 heavy (non-hydrogen) atoms. The fourth-order valence-electron chi connectivity index (χ4n) is 2.26. The Hall–Kier alpha value is -1.31. The molecule has 0 aliphatic carbocycles. The molecule has 0 fully saturated rings. The van der Waals surface area contributed by atoms with Gasteiger partial charge in [-0.1, -0.05) is 32.8 Å². The standard InChI is InChI=1S/C16H25NO/c1-5-7-8-14(6-2)16(18)17-15-10-12(3)9-13(4)11-15/h9-11,14H,5-8H2,1-4H3,(H,17,18)/t14-/m0/s1. The average molecular weight is 247 g/mol. The number of nitrogens with one attached hydrogen (secondary N) is 1. The lowest BCUT2D eigenvalue weighted by molar-refractivity contribution is -0.120. The number of amides is 1. The fraction of sp³-hybridized carbons (Fsp3) is 0.562.